The van der Waals surface area contributed by atoms with Crippen molar-refractivity contribution in [2.24, 2.45) is 0 Å². The second-order valence-corrected chi connectivity index (χ2v) is 3.88. The van der Waals surface area contributed by atoms with E-state index in [0.29, 0.717) is 12.6 Å². The van der Waals surface area contributed by atoms with E-state index < -0.39 is 0 Å². The maximum atomic E-state index is 11.7. The first-order valence-electron chi connectivity index (χ1n) is 4.97. The van der Waals surface area contributed by atoms with Crippen molar-refractivity contribution in [2.45, 2.75) is 12.5 Å². The lowest BCUT2D eigenvalue weighted by Crippen LogP contribution is -2.53. The number of nitrogens with zero attached hydrogens (tertiary/aromatic N) is 1. The lowest BCUT2D eigenvalue weighted by molar-refractivity contribution is -0.119. The van der Waals surface area contributed by atoms with E-state index in [1.54, 1.807) is 0 Å². The van der Waals surface area contributed by atoms with E-state index in [0.717, 1.165) is 18.7 Å². The lowest BCUT2D eigenvalue weighted by atomic mass is 10.1. The van der Waals surface area contributed by atoms with Gasteiger partial charge in [-0.05, 0) is 18.1 Å². The molecule has 0 saturated carbocycles. The van der Waals surface area contributed by atoms with Gasteiger partial charge in [-0.15, -0.1) is 0 Å². The number of fused-ring (bicyclic) bond motifs is 3. The maximum Gasteiger partial charge on any atom is 0.241 e. The number of benzene rings is 1. The summed E-state index contributed by atoms with van der Waals surface area (Å²) in [5.74, 6) is 0.200. The van der Waals surface area contributed by atoms with Gasteiger partial charge in [-0.25, -0.2) is 0 Å². The van der Waals surface area contributed by atoms with Crippen molar-refractivity contribution in [1.29, 1.82) is 0 Å². The maximum absolute atomic E-state index is 11.7. The summed E-state index contributed by atoms with van der Waals surface area (Å²) in [7, 11) is 0. The minimum absolute atomic E-state index is 0.200. The minimum Gasteiger partial charge on any atom is -0.306 e. The Bertz CT molecular complexity index is 389. The van der Waals surface area contributed by atoms with Gasteiger partial charge in [0.25, 0.3) is 0 Å². The first-order chi connectivity index (χ1) is 6.86. The zero-order chi connectivity index (χ0) is 9.54. The van der Waals surface area contributed by atoms with Crippen LogP contribution in [0.3, 0.4) is 0 Å². The van der Waals surface area contributed by atoms with E-state index in [1.807, 2.05) is 23.1 Å². The molecule has 3 heteroatoms. The standard InChI is InChI=1S/C11H12N2O/c14-11-7-12-6-9-5-8-3-1-2-4-10(8)13(9)11/h1-4,9,12H,5-7H2. The molecule has 0 radical (unpaired) electrons. The predicted molar refractivity (Wildman–Crippen MR) is 54.3 cm³/mol. The Hall–Kier alpha value is -1.35. The third-order valence-electron chi connectivity index (χ3n) is 3.00. The molecule has 0 aliphatic carbocycles. The van der Waals surface area contributed by atoms with E-state index >= 15 is 0 Å². The zero-order valence-electron chi connectivity index (χ0n) is 7.86. The van der Waals surface area contributed by atoms with Crippen LogP contribution in [0.1, 0.15) is 5.56 Å². The molecule has 1 unspecified atom stereocenters. The van der Waals surface area contributed by atoms with Crippen LogP contribution in [-0.2, 0) is 11.2 Å². The molecule has 2 aliphatic heterocycles. The third kappa shape index (κ3) is 0.990. The molecule has 1 aromatic carbocycles. The number of rotatable bonds is 0. The Morgan fingerprint density at radius 3 is 3.14 bits per heavy atom. The molecule has 1 fully saturated rings. The number of hydrogen-bond donors (Lipinski definition) is 1. The second kappa shape index (κ2) is 2.82. The first kappa shape index (κ1) is 8.00. The van der Waals surface area contributed by atoms with Crippen LogP contribution in [0.2, 0.25) is 0 Å². The molecule has 2 heterocycles. The van der Waals surface area contributed by atoms with Crippen LogP contribution >= 0.6 is 0 Å². The highest BCUT2D eigenvalue weighted by Crippen LogP contribution is 2.32. The van der Waals surface area contributed by atoms with E-state index in [-0.39, 0.29) is 5.91 Å². The molecule has 2 aliphatic rings. The van der Waals surface area contributed by atoms with Crippen LogP contribution < -0.4 is 10.2 Å². The highest BCUT2D eigenvalue weighted by atomic mass is 16.2. The van der Waals surface area contributed by atoms with Crippen LogP contribution in [0.4, 0.5) is 5.69 Å². The fraction of sp³-hybridized carbons (Fsp3) is 0.364. The Balaban J connectivity index is 2.07. The molecule has 72 valence electrons. The Kier molecular flexibility index (Phi) is 1.61. The zero-order valence-corrected chi connectivity index (χ0v) is 7.86. The molecule has 1 amide bonds. The van der Waals surface area contributed by atoms with Gasteiger partial charge >= 0.3 is 0 Å². The molecule has 1 aromatic rings. The van der Waals surface area contributed by atoms with Crippen molar-refractivity contribution in [2.75, 3.05) is 18.0 Å². The van der Waals surface area contributed by atoms with Crippen molar-refractivity contribution in [1.82, 2.24) is 5.32 Å². The van der Waals surface area contributed by atoms with Crippen LogP contribution in [0.5, 0.6) is 0 Å². The third-order valence-corrected chi connectivity index (χ3v) is 3.00. The molecule has 1 saturated heterocycles. The fourth-order valence-electron chi connectivity index (χ4n) is 2.39. The van der Waals surface area contributed by atoms with Gasteiger partial charge < -0.3 is 10.2 Å². The van der Waals surface area contributed by atoms with Gasteiger partial charge in [0.1, 0.15) is 0 Å². The van der Waals surface area contributed by atoms with Gasteiger partial charge in [0.05, 0.1) is 12.6 Å². The summed E-state index contributed by atoms with van der Waals surface area (Å²) in [6.07, 6.45) is 0.995. The summed E-state index contributed by atoms with van der Waals surface area (Å²) >= 11 is 0. The number of nitrogens with one attached hydrogen (secondary N) is 1. The number of hydrogen-bond acceptors (Lipinski definition) is 2. The minimum atomic E-state index is 0.200. The number of carbonyl (C=O) groups excluding carboxylic acids is 1. The van der Waals surface area contributed by atoms with Crippen molar-refractivity contribution in [3.05, 3.63) is 29.8 Å². The molecule has 0 bridgehead atoms. The van der Waals surface area contributed by atoms with E-state index in [1.165, 1.54) is 5.56 Å². The molecule has 1 N–H and O–H groups in total. The monoisotopic (exact) mass is 188 g/mol. The summed E-state index contributed by atoms with van der Waals surface area (Å²) in [6.45, 7) is 1.39. The second-order valence-electron chi connectivity index (χ2n) is 3.88. The Labute approximate surface area is 82.7 Å². The average Bonchev–Trinajstić information content (AvgIpc) is 2.57. The normalized spacial score (nSPS) is 24.7. The summed E-state index contributed by atoms with van der Waals surface area (Å²) in [4.78, 5) is 13.7. The van der Waals surface area contributed by atoms with Gasteiger partial charge in [-0.2, -0.15) is 0 Å². The molecule has 1 atom stereocenters. The first-order valence-corrected chi connectivity index (χ1v) is 4.97. The number of para-hydroxylation sites is 1. The van der Waals surface area contributed by atoms with Gasteiger partial charge in [0.2, 0.25) is 5.91 Å². The fourth-order valence-corrected chi connectivity index (χ4v) is 2.39. The van der Waals surface area contributed by atoms with Gasteiger partial charge in [0, 0.05) is 12.2 Å². The van der Waals surface area contributed by atoms with Crippen molar-refractivity contribution in [3.63, 3.8) is 0 Å². The molecular weight excluding hydrogens is 176 g/mol. The quantitative estimate of drug-likeness (QED) is 0.644. The number of amides is 1. The molecule has 14 heavy (non-hydrogen) atoms. The van der Waals surface area contributed by atoms with Crippen molar-refractivity contribution in [3.8, 4) is 0 Å². The van der Waals surface area contributed by atoms with Crippen LogP contribution in [0.15, 0.2) is 24.3 Å². The van der Waals surface area contributed by atoms with E-state index in [2.05, 4.69) is 11.4 Å². The summed E-state index contributed by atoms with van der Waals surface area (Å²) in [5, 5.41) is 3.15. The van der Waals surface area contributed by atoms with Crippen LogP contribution in [0.25, 0.3) is 0 Å². The summed E-state index contributed by atoms with van der Waals surface area (Å²) in [6, 6.07) is 8.53. The summed E-state index contributed by atoms with van der Waals surface area (Å²) in [5.41, 5.74) is 2.42. The molecule has 3 rings (SSSR count). The largest absolute Gasteiger partial charge is 0.306 e. The molecule has 3 nitrogen and oxygen atoms in total. The summed E-state index contributed by atoms with van der Waals surface area (Å²) < 4.78 is 0. The lowest BCUT2D eigenvalue weighted by Gasteiger charge is -2.30. The molecule has 0 spiro atoms. The van der Waals surface area contributed by atoms with Crippen LogP contribution in [0, 0.1) is 0 Å². The number of piperazine rings is 1. The Morgan fingerprint density at radius 2 is 2.21 bits per heavy atom. The van der Waals surface area contributed by atoms with Crippen molar-refractivity contribution < 1.29 is 4.79 Å². The van der Waals surface area contributed by atoms with Crippen LogP contribution in [-0.4, -0.2) is 25.0 Å². The SMILES string of the molecule is O=C1CNCC2Cc3ccccc3N12. The van der Waals surface area contributed by atoms with Gasteiger partial charge in [0.15, 0.2) is 0 Å². The predicted octanol–water partition coefficient (Wildman–Crippen LogP) is 0.547. The van der Waals surface area contributed by atoms with E-state index in [9.17, 15) is 4.79 Å². The Morgan fingerprint density at radius 1 is 1.36 bits per heavy atom. The van der Waals surface area contributed by atoms with Crippen molar-refractivity contribution >= 4 is 11.6 Å². The highest BCUT2D eigenvalue weighted by Gasteiger charge is 2.35. The average molecular weight is 188 g/mol. The molecule has 0 aromatic heterocycles. The molecular formula is C11H12N2O. The van der Waals surface area contributed by atoms with E-state index in [4.69, 9.17) is 0 Å². The van der Waals surface area contributed by atoms with Gasteiger partial charge in [-0.1, -0.05) is 18.2 Å². The topological polar surface area (TPSA) is 32.3 Å². The number of carbonyl (C=O) groups is 1. The number of anilines is 1. The van der Waals surface area contributed by atoms with Gasteiger partial charge in [-0.3, -0.25) is 4.79 Å². The smallest absolute Gasteiger partial charge is 0.241 e. The highest BCUT2D eigenvalue weighted by molar-refractivity contribution is 5.98.